The zero-order valence-corrected chi connectivity index (χ0v) is 13.2. The number of hydrogen-bond donors (Lipinski definition) is 2. The van der Waals surface area contributed by atoms with Crippen molar-refractivity contribution in [3.8, 4) is 5.75 Å². The van der Waals surface area contributed by atoms with E-state index in [1.807, 2.05) is 6.92 Å². The average Bonchev–Trinajstić information content (AvgIpc) is 2.48. The Morgan fingerprint density at radius 2 is 2.09 bits per heavy atom. The predicted molar refractivity (Wildman–Crippen MR) is 82.7 cm³/mol. The first-order chi connectivity index (χ1) is 11.0. The molecule has 126 valence electrons. The number of rotatable bonds is 8. The summed E-state index contributed by atoms with van der Waals surface area (Å²) >= 11 is 0. The smallest absolute Gasteiger partial charge is 0.310 e. The number of ether oxygens (including phenoxy) is 1. The first-order valence-electron chi connectivity index (χ1n) is 7.88. The van der Waals surface area contributed by atoms with Gasteiger partial charge < -0.3 is 15.2 Å². The standard InChI is InChI=1S/C17H22FNO4/c1-2-12(23-14-7-4-3-6-13(14)18)11-19-15(20)10-17(16(21)22)8-5-9-17/h3-4,6-7,12H,2,5,8-11H2,1H3,(H,19,20)(H,21,22). The van der Waals surface area contributed by atoms with Gasteiger partial charge in [0.1, 0.15) is 6.10 Å². The molecule has 0 bridgehead atoms. The molecule has 2 N–H and O–H groups in total. The summed E-state index contributed by atoms with van der Waals surface area (Å²) in [6, 6.07) is 6.10. The maximum Gasteiger partial charge on any atom is 0.310 e. The summed E-state index contributed by atoms with van der Waals surface area (Å²) in [5.74, 6) is -1.51. The van der Waals surface area contributed by atoms with Crippen molar-refractivity contribution in [2.45, 2.75) is 45.1 Å². The second-order valence-corrected chi connectivity index (χ2v) is 6.00. The molecule has 0 aromatic heterocycles. The van der Waals surface area contributed by atoms with Gasteiger partial charge in [0.25, 0.3) is 0 Å². The molecule has 0 spiro atoms. The molecule has 1 saturated carbocycles. The van der Waals surface area contributed by atoms with Crippen molar-refractivity contribution < 1.29 is 23.8 Å². The molecule has 5 nitrogen and oxygen atoms in total. The molecule has 0 heterocycles. The summed E-state index contributed by atoms with van der Waals surface area (Å²) in [5.41, 5.74) is -0.905. The van der Waals surface area contributed by atoms with E-state index in [1.54, 1.807) is 12.1 Å². The fourth-order valence-electron chi connectivity index (χ4n) is 2.66. The Kier molecular flexibility index (Phi) is 5.58. The lowest BCUT2D eigenvalue weighted by molar-refractivity contribution is -0.157. The highest BCUT2D eigenvalue weighted by Gasteiger charge is 2.45. The third kappa shape index (κ3) is 4.21. The van der Waals surface area contributed by atoms with Crippen LogP contribution in [0.5, 0.6) is 5.75 Å². The van der Waals surface area contributed by atoms with Crippen LogP contribution in [0.2, 0.25) is 0 Å². The first kappa shape index (κ1) is 17.2. The first-order valence-corrected chi connectivity index (χ1v) is 7.88. The lowest BCUT2D eigenvalue weighted by Gasteiger charge is -2.37. The van der Waals surface area contributed by atoms with Gasteiger partial charge in [0.05, 0.1) is 12.0 Å². The molecule has 1 aliphatic rings. The van der Waals surface area contributed by atoms with Crippen LogP contribution >= 0.6 is 0 Å². The van der Waals surface area contributed by atoms with Gasteiger partial charge in [-0.05, 0) is 31.4 Å². The average molecular weight is 323 g/mol. The molecular formula is C17H22FNO4. The van der Waals surface area contributed by atoms with Crippen LogP contribution < -0.4 is 10.1 Å². The summed E-state index contributed by atoms with van der Waals surface area (Å²) in [6.45, 7) is 2.10. The summed E-state index contributed by atoms with van der Waals surface area (Å²) in [7, 11) is 0. The van der Waals surface area contributed by atoms with Gasteiger partial charge in [-0.25, -0.2) is 4.39 Å². The van der Waals surface area contributed by atoms with Gasteiger partial charge in [0.15, 0.2) is 11.6 Å². The van der Waals surface area contributed by atoms with Gasteiger partial charge in [-0.1, -0.05) is 25.5 Å². The lowest BCUT2D eigenvalue weighted by atomic mass is 9.66. The van der Waals surface area contributed by atoms with E-state index in [0.29, 0.717) is 19.3 Å². The van der Waals surface area contributed by atoms with Crippen LogP contribution in [-0.2, 0) is 9.59 Å². The van der Waals surface area contributed by atoms with Crippen molar-refractivity contribution in [1.29, 1.82) is 0 Å². The Hall–Kier alpha value is -2.11. The van der Waals surface area contributed by atoms with Crippen molar-refractivity contribution in [1.82, 2.24) is 5.32 Å². The van der Waals surface area contributed by atoms with Crippen molar-refractivity contribution in [2.24, 2.45) is 5.41 Å². The van der Waals surface area contributed by atoms with E-state index in [2.05, 4.69) is 5.32 Å². The zero-order chi connectivity index (χ0) is 16.9. The number of carbonyl (C=O) groups is 2. The van der Waals surface area contributed by atoms with E-state index in [9.17, 15) is 19.1 Å². The number of carboxylic acid groups (broad SMARTS) is 1. The Morgan fingerprint density at radius 3 is 2.61 bits per heavy atom. The van der Waals surface area contributed by atoms with E-state index in [4.69, 9.17) is 4.74 Å². The lowest BCUT2D eigenvalue weighted by Crippen LogP contribution is -2.44. The quantitative estimate of drug-likeness (QED) is 0.771. The summed E-state index contributed by atoms with van der Waals surface area (Å²) in [5, 5.41) is 11.9. The number of amides is 1. The number of benzene rings is 1. The van der Waals surface area contributed by atoms with Crippen molar-refractivity contribution >= 4 is 11.9 Å². The largest absolute Gasteiger partial charge is 0.486 e. The van der Waals surface area contributed by atoms with Gasteiger partial charge in [0.2, 0.25) is 5.91 Å². The molecule has 0 saturated heterocycles. The van der Waals surface area contributed by atoms with Crippen LogP contribution in [0, 0.1) is 11.2 Å². The monoisotopic (exact) mass is 323 g/mol. The zero-order valence-electron chi connectivity index (χ0n) is 13.2. The topological polar surface area (TPSA) is 75.6 Å². The van der Waals surface area contributed by atoms with E-state index in [-0.39, 0.29) is 30.7 Å². The molecule has 0 radical (unpaired) electrons. The predicted octanol–water partition coefficient (Wildman–Crippen LogP) is 2.74. The van der Waals surface area contributed by atoms with Crippen molar-refractivity contribution in [3.05, 3.63) is 30.1 Å². The van der Waals surface area contributed by atoms with Gasteiger partial charge in [-0.3, -0.25) is 9.59 Å². The minimum absolute atomic E-state index is 0.0154. The van der Waals surface area contributed by atoms with E-state index >= 15 is 0 Å². The molecule has 1 unspecified atom stereocenters. The molecule has 6 heteroatoms. The van der Waals surface area contributed by atoms with Gasteiger partial charge in [-0.2, -0.15) is 0 Å². The van der Waals surface area contributed by atoms with Crippen molar-refractivity contribution in [2.75, 3.05) is 6.54 Å². The van der Waals surface area contributed by atoms with E-state index < -0.39 is 17.2 Å². The Bertz CT molecular complexity index is 571. The molecule has 2 rings (SSSR count). The van der Waals surface area contributed by atoms with Gasteiger partial charge >= 0.3 is 5.97 Å². The van der Waals surface area contributed by atoms with Crippen LogP contribution in [-0.4, -0.2) is 29.6 Å². The fourth-order valence-corrected chi connectivity index (χ4v) is 2.66. The van der Waals surface area contributed by atoms with Gasteiger partial charge in [0, 0.05) is 6.42 Å². The number of para-hydroxylation sites is 1. The Labute approximate surface area is 134 Å². The number of carbonyl (C=O) groups excluding carboxylic acids is 1. The molecule has 1 aliphatic carbocycles. The van der Waals surface area contributed by atoms with Crippen LogP contribution in [0.25, 0.3) is 0 Å². The SMILES string of the molecule is CCC(CNC(=O)CC1(C(=O)O)CCC1)Oc1ccccc1F. The fraction of sp³-hybridized carbons (Fsp3) is 0.529. The second-order valence-electron chi connectivity index (χ2n) is 6.00. The van der Waals surface area contributed by atoms with Crippen LogP contribution in [0.3, 0.4) is 0 Å². The van der Waals surface area contributed by atoms with Crippen LogP contribution in [0.15, 0.2) is 24.3 Å². The Balaban J connectivity index is 1.84. The molecule has 1 aromatic rings. The highest BCUT2D eigenvalue weighted by Crippen LogP contribution is 2.44. The third-order valence-corrected chi connectivity index (χ3v) is 4.38. The molecule has 23 heavy (non-hydrogen) atoms. The van der Waals surface area contributed by atoms with E-state index in [0.717, 1.165) is 6.42 Å². The van der Waals surface area contributed by atoms with E-state index in [1.165, 1.54) is 12.1 Å². The highest BCUT2D eigenvalue weighted by atomic mass is 19.1. The van der Waals surface area contributed by atoms with Gasteiger partial charge in [-0.15, -0.1) is 0 Å². The minimum Gasteiger partial charge on any atom is -0.486 e. The molecule has 1 aromatic carbocycles. The van der Waals surface area contributed by atoms with Crippen LogP contribution in [0.1, 0.15) is 39.0 Å². The number of nitrogens with one attached hydrogen (secondary N) is 1. The number of halogens is 1. The molecule has 1 fully saturated rings. The third-order valence-electron chi connectivity index (χ3n) is 4.38. The number of carboxylic acids is 1. The van der Waals surface area contributed by atoms with Crippen molar-refractivity contribution in [3.63, 3.8) is 0 Å². The molecule has 0 aliphatic heterocycles. The number of hydrogen-bond acceptors (Lipinski definition) is 3. The maximum absolute atomic E-state index is 13.6. The maximum atomic E-state index is 13.6. The molecule has 1 atom stereocenters. The van der Waals surface area contributed by atoms with Crippen LogP contribution in [0.4, 0.5) is 4.39 Å². The second kappa shape index (κ2) is 7.44. The minimum atomic E-state index is -0.909. The summed E-state index contributed by atoms with van der Waals surface area (Å²) < 4.78 is 19.1. The molecular weight excluding hydrogens is 301 g/mol. The summed E-state index contributed by atoms with van der Waals surface area (Å²) in [6.07, 6.45) is 2.14. The highest BCUT2D eigenvalue weighted by molar-refractivity contribution is 5.85. The number of aliphatic carboxylic acids is 1. The normalized spacial score (nSPS) is 17.0. The molecule has 1 amide bonds. The summed E-state index contributed by atoms with van der Waals surface area (Å²) in [4.78, 5) is 23.3. The Morgan fingerprint density at radius 1 is 1.39 bits per heavy atom.